The van der Waals surface area contributed by atoms with Crippen molar-refractivity contribution >= 4 is 110 Å². The molecule has 4 aliphatic rings. The van der Waals surface area contributed by atoms with Gasteiger partial charge >= 0.3 is 0 Å². The van der Waals surface area contributed by atoms with Gasteiger partial charge in [0.25, 0.3) is 0 Å². The molecule has 0 atom stereocenters. The van der Waals surface area contributed by atoms with Crippen LogP contribution in [0.3, 0.4) is 0 Å². The lowest BCUT2D eigenvalue weighted by molar-refractivity contribution is 0.659. The van der Waals surface area contributed by atoms with Crippen LogP contribution in [0.1, 0.15) is 99.9 Å². The van der Waals surface area contributed by atoms with Gasteiger partial charge in [0.05, 0.1) is 0 Å². The van der Waals surface area contributed by atoms with Crippen molar-refractivity contribution in [1.29, 1.82) is 0 Å². The van der Waals surface area contributed by atoms with Gasteiger partial charge in [0, 0.05) is 88.5 Å². The fourth-order valence-corrected chi connectivity index (χ4v) is 24.0. The van der Waals surface area contributed by atoms with E-state index in [-0.39, 0.29) is 21.7 Å². The normalized spacial score (nSPS) is 14.1. The molecule has 23 aromatic rings. The van der Waals surface area contributed by atoms with E-state index in [0.29, 0.717) is 0 Å². The van der Waals surface area contributed by atoms with Crippen LogP contribution in [0.15, 0.2) is 433 Å². The SMILES string of the molecule is CC1(C)c2cc(-c3ccccc3)ccc2-c2ccc(N(c3ccc(-c4ccc5cc(-c6ccc(-c7ccc8c(c7)C(C)(C)c7cc(N(c9ccc(-c%10cc%11ccccc%11c%11ccccc%10%11)cc9)c9ccc%10c(c9)C(C)(C)c9cc(-c%11cccc%12c%11oc%11ccccc%11%12)ccc9-%10)ccc7-8)cc6)ccc5c4)cc3)c3ccc4c(c3)C(C)(C)c3cc(-c5cccc6c5oc5ccccc56)ccc3-4)cc21. The third kappa shape index (κ3) is 12.1. The molecule has 2 aromatic heterocycles. The molecule has 4 nitrogen and oxygen atoms in total. The highest BCUT2D eigenvalue weighted by Gasteiger charge is 2.42. The second-order valence-corrected chi connectivity index (χ2v) is 40.2. The summed E-state index contributed by atoms with van der Waals surface area (Å²) < 4.78 is 13.3. The molecule has 0 bridgehead atoms. The Morgan fingerprint density at radius 3 is 0.846 bits per heavy atom. The van der Waals surface area contributed by atoms with Gasteiger partial charge in [-0.3, -0.25) is 0 Å². The topological polar surface area (TPSA) is 32.8 Å². The van der Waals surface area contributed by atoms with Gasteiger partial charge in [0.15, 0.2) is 0 Å². The van der Waals surface area contributed by atoms with Crippen LogP contribution in [0.25, 0.3) is 199 Å². The van der Waals surface area contributed by atoms with Crippen LogP contribution >= 0.6 is 0 Å². The van der Waals surface area contributed by atoms with Crippen LogP contribution in [-0.2, 0) is 21.7 Å². The third-order valence-corrected chi connectivity index (χ3v) is 31.3. The van der Waals surface area contributed by atoms with Crippen molar-refractivity contribution in [2.75, 3.05) is 9.80 Å². The summed E-state index contributed by atoms with van der Waals surface area (Å²) in [5.41, 5.74) is 46.5. The number of hydrogen-bond donors (Lipinski definition) is 0. The van der Waals surface area contributed by atoms with Crippen molar-refractivity contribution in [2.24, 2.45) is 0 Å². The Hall–Kier alpha value is -16.4. The molecule has 0 amide bonds. The Kier molecular flexibility index (Phi) is 17.2. The number of benzene rings is 21. The van der Waals surface area contributed by atoms with Crippen molar-refractivity contribution in [3.8, 4) is 122 Å². The van der Waals surface area contributed by atoms with Gasteiger partial charge in [-0.05, 0) is 315 Å². The summed E-state index contributed by atoms with van der Waals surface area (Å²) in [5, 5.41) is 12.0. The average Bonchev–Trinajstić information content (AvgIpc) is 1.53. The zero-order chi connectivity index (χ0) is 90.9. The van der Waals surface area contributed by atoms with Crippen LogP contribution in [0.2, 0.25) is 0 Å². The van der Waals surface area contributed by atoms with E-state index in [9.17, 15) is 0 Å². The summed E-state index contributed by atoms with van der Waals surface area (Å²) in [4.78, 5) is 4.98. The van der Waals surface area contributed by atoms with E-state index in [2.05, 4.69) is 490 Å². The van der Waals surface area contributed by atoms with Crippen LogP contribution in [0.4, 0.5) is 34.1 Å². The number of furan rings is 2. The summed E-state index contributed by atoms with van der Waals surface area (Å²) in [6, 6.07) is 159. The lowest BCUT2D eigenvalue weighted by Gasteiger charge is -2.30. The monoisotopic (exact) mass is 1740 g/mol. The molecule has 2 heterocycles. The summed E-state index contributed by atoms with van der Waals surface area (Å²) in [6.45, 7) is 19.2. The Morgan fingerprint density at radius 2 is 0.434 bits per heavy atom. The highest BCUT2D eigenvalue weighted by Crippen LogP contribution is 2.59. The predicted octanol–water partition coefficient (Wildman–Crippen LogP) is 36.8. The van der Waals surface area contributed by atoms with Crippen molar-refractivity contribution in [3.63, 3.8) is 0 Å². The maximum atomic E-state index is 6.63. The Labute approximate surface area is 792 Å². The first-order chi connectivity index (χ1) is 66.4. The largest absolute Gasteiger partial charge is 0.455 e. The van der Waals surface area contributed by atoms with E-state index in [1.54, 1.807) is 0 Å². The summed E-state index contributed by atoms with van der Waals surface area (Å²) in [7, 11) is 0. The lowest BCUT2D eigenvalue weighted by Crippen LogP contribution is -2.18. The molecule has 0 saturated carbocycles. The molecule has 0 saturated heterocycles. The second kappa shape index (κ2) is 29.5. The van der Waals surface area contributed by atoms with E-state index < -0.39 is 0 Å². The molecule has 0 unspecified atom stereocenters. The number of para-hydroxylation sites is 4. The summed E-state index contributed by atoms with van der Waals surface area (Å²) in [5.74, 6) is 0. The second-order valence-electron chi connectivity index (χ2n) is 40.2. The zero-order valence-corrected chi connectivity index (χ0v) is 77.1. The average molecular weight is 1740 g/mol. The summed E-state index contributed by atoms with van der Waals surface area (Å²) >= 11 is 0. The minimum absolute atomic E-state index is 0.247. The van der Waals surface area contributed by atoms with Gasteiger partial charge in [-0.15, -0.1) is 0 Å². The van der Waals surface area contributed by atoms with Gasteiger partial charge < -0.3 is 18.6 Å². The maximum absolute atomic E-state index is 6.63. The first-order valence-electron chi connectivity index (χ1n) is 47.8. The van der Waals surface area contributed by atoms with Crippen LogP contribution in [0, 0.1) is 0 Å². The molecule has 0 fully saturated rings. The van der Waals surface area contributed by atoms with Gasteiger partial charge in [0.2, 0.25) is 0 Å². The van der Waals surface area contributed by atoms with E-state index in [1.807, 2.05) is 0 Å². The standard InChI is InChI=1S/C132H94N2O2/c1-129(2)117-71-88(79-22-10-9-11-23-79)48-60-104(117)108-64-56-95(75-121(108)129)133(96-58-66-110-106-62-50-91(73-119(106)131(5,6)123(110)77-96)100-30-20-32-114-112-28-16-18-34-125(112)135-127(100)114)93-52-44-82(45-53-93)85-41-43-86-68-84(40-42-87(86)69-85)80-36-38-81(39-37-80)89-49-61-105-109-65-57-97(76-122(109)130(3,4)118(105)72-89)134(94-54-46-83(47-55-94)116-70-90-24-12-13-25-99(90)102-26-14-15-27-103(102)116)98-59-67-111-107-63-51-92(74-120(107)132(7,8)124(111)78-98)101-31-21-33-115-113-29-17-19-35-126(113)136-128(101)115/h9-78H,1-8H3. The Balaban J connectivity index is 0.480. The van der Waals surface area contributed by atoms with Crippen molar-refractivity contribution < 1.29 is 8.83 Å². The Morgan fingerprint density at radius 1 is 0.154 bits per heavy atom. The van der Waals surface area contributed by atoms with E-state index in [0.717, 1.165) is 106 Å². The number of rotatable bonds is 13. The van der Waals surface area contributed by atoms with E-state index in [1.165, 1.54) is 171 Å². The smallest absolute Gasteiger partial charge is 0.143 e. The first kappa shape index (κ1) is 79.4. The van der Waals surface area contributed by atoms with E-state index >= 15 is 0 Å². The molecule has 0 spiro atoms. The number of nitrogens with zero attached hydrogens (tertiary/aromatic N) is 2. The minimum Gasteiger partial charge on any atom is -0.455 e. The van der Waals surface area contributed by atoms with E-state index in [4.69, 9.17) is 8.83 Å². The minimum atomic E-state index is -0.312. The van der Waals surface area contributed by atoms with Crippen molar-refractivity contribution in [1.82, 2.24) is 0 Å². The van der Waals surface area contributed by atoms with Crippen LogP contribution in [-0.4, -0.2) is 0 Å². The zero-order valence-electron chi connectivity index (χ0n) is 77.1. The maximum Gasteiger partial charge on any atom is 0.143 e. The number of fused-ring (bicyclic) bond motifs is 22. The van der Waals surface area contributed by atoms with Gasteiger partial charge in [-0.1, -0.05) is 353 Å². The summed E-state index contributed by atoms with van der Waals surface area (Å²) in [6.07, 6.45) is 0. The molecule has 4 aliphatic carbocycles. The molecule has 27 rings (SSSR count). The van der Waals surface area contributed by atoms with Crippen molar-refractivity contribution in [2.45, 2.75) is 77.0 Å². The lowest BCUT2D eigenvalue weighted by atomic mass is 9.81. The molecular weight excluding hydrogens is 1650 g/mol. The fourth-order valence-electron chi connectivity index (χ4n) is 24.0. The quantitative estimate of drug-likeness (QED) is 0.108. The van der Waals surface area contributed by atoms with Gasteiger partial charge in [-0.2, -0.15) is 0 Å². The molecule has 644 valence electrons. The first-order valence-corrected chi connectivity index (χ1v) is 47.8. The molecule has 0 N–H and O–H groups in total. The third-order valence-electron chi connectivity index (χ3n) is 31.3. The van der Waals surface area contributed by atoms with Crippen LogP contribution < -0.4 is 9.80 Å². The molecular formula is C132H94N2O2. The van der Waals surface area contributed by atoms with Crippen molar-refractivity contribution in [3.05, 3.63) is 469 Å². The predicted molar refractivity (Wildman–Crippen MR) is 571 cm³/mol. The fraction of sp³-hybridized carbons (Fsp3) is 0.0909. The van der Waals surface area contributed by atoms with Crippen LogP contribution in [0.5, 0.6) is 0 Å². The Bertz CT molecular complexity index is 9020. The molecule has 4 heteroatoms. The number of hydrogen-bond acceptors (Lipinski definition) is 4. The highest BCUT2D eigenvalue weighted by atomic mass is 16.3. The molecule has 0 aliphatic heterocycles. The highest BCUT2D eigenvalue weighted by molar-refractivity contribution is 6.15. The molecule has 21 aromatic carbocycles. The van der Waals surface area contributed by atoms with Gasteiger partial charge in [-0.25, -0.2) is 0 Å². The molecule has 136 heavy (non-hydrogen) atoms. The number of anilines is 6. The van der Waals surface area contributed by atoms with Gasteiger partial charge in [0.1, 0.15) is 22.3 Å². The molecule has 0 radical (unpaired) electrons.